The maximum absolute atomic E-state index is 14.2. The standard InChI is InChI=1S/C10H16FNO/c11-10(8-3-6-13-7-8)4-1-9(12)2-5-10/h7,9H,1-6,12H2. The molecule has 0 radical (unpaired) electrons. The molecule has 0 spiro atoms. The molecule has 1 aliphatic carbocycles. The number of halogens is 1. The minimum Gasteiger partial charge on any atom is -0.501 e. The summed E-state index contributed by atoms with van der Waals surface area (Å²) in [7, 11) is 0. The van der Waals surface area contributed by atoms with Crippen LogP contribution < -0.4 is 5.73 Å². The van der Waals surface area contributed by atoms with Crippen molar-refractivity contribution in [2.24, 2.45) is 5.73 Å². The molecule has 2 nitrogen and oxygen atoms in total. The minimum atomic E-state index is -1.10. The summed E-state index contributed by atoms with van der Waals surface area (Å²) >= 11 is 0. The van der Waals surface area contributed by atoms with Crippen LogP contribution in [0.2, 0.25) is 0 Å². The molecule has 13 heavy (non-hydrogen) atoms. The van der Waals surface area contributed by atoms with E-state index < -0.39 is 5.67 Å². The van der Waals surface area contributed by atoms with Gasteiger partial charge in [0.05, 0.1) is 12.9 Å². The predicted octanol–water partition coefficient (Wildman–Crippen LogP) is 1.90. The lowest BCUT2D eigenvalue weighted by molar-refractivity contribution is 0.137. The summed E-state index contributed by atoms with van der Waals surface area (Å²) in [6, 6.07) is 0.201. The summed E-state index contributed by atoms with van der Waals surface area (Å²) in [5, 5.41) is 0. The van der Waals surface area contributed by atoms with E-state index in [0.29, 0.717) is 19.4 Å². The van der Waals surface area contributed by atoms with E-state index in [1.54, 1.807) is 6.26 Å². The molecule has 0 bridgehead atoms. The lowest BCUT2D eigenvalue weighted by atomic mass is 9.79. The van der Waals surface area contributed by atoms with E-state index in [2.05, 4.69) is 0 Å². The van der Waals surface area contributed by atoms with Crippen molar-refractivity contribution in [3.8, 4) is 0 Å². The van der Waals surface area contributed by atoms with Crippen LogP contribution in [0.4, 0.5) is 4.39 Å². The molecule has 2 N–H and O–H groups in total. The number of alkyl halides is 1. The van der Waals surface area contributed by atoms with Gasteiger partial charge in [0, 0.05) is 18.0 Å². The van der Waals surface area contributed by atoms with Crippen LogP contribution in [-0.4, -0.2) is 18.3 Å². The Morgan fingerprint density at radius 2 is 2.15 bits per heavy atom. The Morgan fingerprint density at radius 3 is 2.69 bits per heavy atom. The van der Waals surface area contributed by atoms with Crippen LogP contribution in [0.15, 0.2) is 11.8 Å². The van der Waals surface area contributed by atoms with Crippen molar-refractivity contribution < 1.29 is 9.13 Å². The van der Waals surface area contributed by atoms with Crippen molar-refractivity contribution in [3.05, 3.63) is 11.8 Å². The fourth-order valence-corrected chi connectivity index (χ4v) is 2.14. The Kier molecular flexibility index (Phi) is 2.28. The number of hydrogen-bond donors (Lipinski definition) is 1. The van der Waals surface area contributed by atoms with Gasteiger partial charge in [0.1, 0.15) is 5.67 Å². The zero-order valence-corrected chi connectivity index (χ0v) is 7.76. The van der Waals surface area contributed by atoms with Gasteiger partial charge in [-0.2, -0.15) is 0 Å². The van der Waals surface area contributed by atoms with Gasteiger partial charge in [-0.3, -0.25) is 0 Å². The highest BCUT2D eigenvalue weighted by Gasteiger charge is 2.38. The first kappa shape index (κ1) is 9.00. The van der Waals surface area contributed by atoms with Crippen molar-refractivity contribution in [2.75, 3.05) is 6.61 Å². The smallest absolute Gasteiger partial charge is 0.135 e. The third-order valence-electron chi connectivity index (χ3n) is 3.11. The van der Waals surface area contributed by atoms with Crippen molar-refractivity contribution in [2.45, 2.75) is 43.8 Å². The van der Waals surface area contributed by atoms with Gasteiger partial charge in [0.25, 0.3) is 0 Å². The predicted molar refractivity (Wildman–Crippen MR) is 48.9 cm³/mol. The Morgan fingerprint density at radius 1 is 1.46 bits per heavy atom. The summed E-state index contributed by atoms with van der Waals surface area (Å²) in [5.41, 5.74) is 5.48. The molecule has 1 fully saturated rings. The minimum absolute atomic E-state index is 0.201. The van der Waals surface area contributed by atoms with Gasteiger partial charge in [-0.05, 0) is 25.7 Å². The molecule has 0 aromatic heterocycles. The molecule has 0 atom stereocenters. The van der Waals surface area contributed by atoms with Crippen LogP contribution in [0.1, 0.15) is 32.1 Å². The average Bonchev–Trinajstić information content (AvgIpc) is 2.63. The van der Waals surface area contributed by atoms with E-state index >= 15 is 0 Å². The summed E-state index contributed by atoms with van der Waals surface area (Å²) in [6.45, 7) is 0.646. The molecule has 0 aromatic rings. The lowest BCUT2D eigenvalue weighted by Gasteiger charge is -2.32. The number of ether oxygens (including phenoxy) is 1. The summed E-state index contributed by atoms with van der Waals surface area (Å²) in [6.07, 6.45) is 5.11. The zero-order valence-electron chi connectivity index (χ0n) is 7.76. The molecule has 0 aromatic carbocycles. The van der Waals surface area contributed by atoms with Gasteiger partial charge in [0.15, 0.2) is 0 Å². The fourth-order valence-electron chi connectivity index (χ4n) is 2.14. The van der Waals surface area contributed by atoms with Crippen LogP contribution in [0.5, 0.6) is 0 Å². The van der Waals surface area contributed by atoms with E-state index in [-0.39, 0.29) is 6.04 Å². The van der Waals surface area contributed by atoms with Crippen molar-refractivity contribution >= 4 is 0 Å². The highest BCUT2D eigenvalue weighted by Crippen LogP contribution is 2.40. The first-order valence-corrected chi connectivity index (χ1v) is 4.96. The molecule has 1 aliphatic heterocycles. The summed E-state index contributed by atoms with van der Waals surface area (Å²) in [4.78, 5) is 0. The molecular weight excluding hydrogens is 169 g/mol. The molecule has 74 valence electrons. The normalized spacial score (nSPS) is 39.8. The highest BCUT2D eigenvalue weighted by atomic mass is 19.1. The highest BCUT2D eigenvalue weighted by molar-refractivity contribution is 5.18. The van der Waals surface area contributed by atoms with Crippen molar-refractivity contribution in [3.63, 3.8) is 0 Å². The average molecular weight is 185 g/mol. The number of nitrogens with two attached hydrogens (primary N) is 1. The van der Waals surface area contributed by atoms with Crippen LogP contribution in [0.3, 0.4) is 0 Å². The molecule has 0 saturated heterocycles. The van der Waals surface area contributed by atoms with Crippen LogP contribution >= 0.6 is 0 Å². The second-order valence-corrected chi connectivity index (χ2v) is 4.07. The van der Waals surface area contributed by atoms with Gasteiger partial charge in [0.2, 0.25) is 0 Å². The molecule has 3 heteroatoms. The van der Waals surface area contributed by atoms with E-state index in [9.17, 15) is 4.39 Å². The Bertz CT molecular complexity index is 219. The van der Waals surface area contributed by atoms with E-state index in [1.807, 2.05) is 0 Å². The lowest BCUT2D eigenvalue weighted by Crippen LogP contribution is -2.36. The van der Waals surface area contributed by atoms with Crippen LogP contribution in [-0.2, 0) is 4.74 Å². The van der Waals surface area contributed by atoms with Crippen LogP contribution in [0.25, 0.3) is 0 Å². The third kappa shape index (κ3) is 1.70. The molecule has 0 unspecified atom stereocenters. The Labute approximate surface area is 77.9 Å². The fraction of sp³-hybridized carbons (Fsp3) is 0.800. The first-order chi connectivity index (χ1) is 6.21. The maximum atomic E-state index is 14.2. The van der Waals surface area contributed by atoms with Crippen LogP contribution in [0, 0.1) is 0 Å². The zero-order chi connectivity index (χ0) is 9.31. The molecule has 2 aliphatic rings. The molecular formula is C10H16FNO. The SMILES string of the molecule is NC1CCC(F)(C2=COCC2)CC1. The second kappa shape index (κ2) is 3.29. The van der Waals surface area contributed by atoms with Gasteiger partial charge < -0.3 is 10.5 Å². The van der Waals surface area contributed by atoms with Crippen molar-refractivity contribution in [1.29, 1.82) is 0 Å². The molecule has 2 rings (SSSR count). The molecule has 0 amide bonds. The number of rotatable bonds is 1. The summed E-state index contributed by atoms with van der Waals surface area (Å²) in [5.74, 6) is 0. The monoisotopic (exact) mass is 185 g/mol. The van der Waals surface area contributed by atoms with E-state index in [4.69, 9.17) is 10.5 Å². The Hall–Kier alpha value is -0.570. The first-order valence-electron chi connectivity index (χ1n) is 4.96. The Balaban J connectivity index is 2.03. The third-order valence-corrected chi connectivity index (χ3v) is 3.11. The van der Waals surface area contributed by atoms with Gasteiger partial charge in [-0.1, -0.05) is 0 Å². The van der Waals surface area contributed by atoms with Gasteiger partial charge in [-0.15, -0.1) is 0 Å². The van der Waals surface area contributed by atoms with E-state index in [1.165, 1.54) is 0 Å². The van der Waals surface area contributed by atoms with Gasteiger partial charge >= 0.3 is 0 Å². The largest absolute Gasteiger partial charge is 0.501 e. The quantitative estimate of drug-likeness (QED) is 0.677. The van der Waals surface area contributed by atoms with Gasteiger partial charge in [-0.25, -0.2) is 4.39 Å². The molecule has 1 saturated carbocycles. The molecule has 1 heterocycles. The van der Waals surface area contributed by atoms with Crippen molar-refractivity contribution in [1.82, 2.24) is 0 Å². The van der Waals surface area contributed by atoms with E-state index in [0.717, 1.165) is 24.8 Å². The summed E-state index contributed by atoms with van der Waals surface area (Å²) < 4.78 is 19.3. The maximum Gasteiger partial charge on any atom is 0.135 e. The second-order valence-electron chi connectivity index (χ2n) is 4.07. The topological polar surface area (TPSA) is 35.2 Å². The number of hydrogen-bond acceptors (Lipinski definition) is 2.